The fourth-order valence-corrected chi connectivity index (χ4v) is 2.87. The number of ether oxygens (including phenoxy) is 1. The first-order chi connectivity index (χ1) is 12.5. The van der Waals surface area contributed by atoms with Crippen molar-refractivity contribution in [3.05, 3.63) is 65.5 Å². The Kier molecular flexibility index (Phi) is 5.07. The van der Waals surface area contributed by atoms with Crippen LogP contribution in [0.4, 0.5) is 5.82 Å². The van der Waals surface area contributed by atoms with Crippen LogP contribution in [0.3, 0.4) is 0 Å². The number of methoxy groups -OCH3 is 1. The smallest absolute Gasteiger partial charge is 0.130 e. The van der Waals surface area contributed by atoms with E-state index < -0.39 is 0 Å². The van der Waals surface area contributed by atoms with Gasteiger partial charge in [-0.1, -0.05) is 24.3 Å². The molecule has 0 amide bonds. The molecule has 1 atom stereocenters. The summed E-state index contributed by atoms with van der Waals surface area (Å²) in [6.45, 7) is 5.91. The number of rotatable bonds is 5. The molecule has 2 N–H and O–H groups in total. The summed E-state index contributed by atoms with van der Waals surface area (Å²) in [6, 6.07) is 15.2. The van der Waals surface area contributed by atoms with Crippen LogP contribution in [0.2, 0.25) is 0 Å². The molecule has 134 valence electrons. The molecular weight excluding hydrogens is 326 g/mol. The highest BCUT2D eigenvalue weighted by Gasteiger charge is 2.11. The van der Waals surface area contributed by atoms with Gasteiger partial charge in [0.25, 0.3) is 0 Å². The highest BCUT2D eigenvalue weighted by Crippen LogP contribution is 2.28. The van der Waals surface area contributed by atoms with E-state index in [0.717, 1.165) is 34.0 Å². The number of nitrogens with zero attached hydrogens (tertiary/aromatic N) is 2. The summed E-state index contributed by atoms with van der Waals surface area (Å²) in [7, 11) is 1.67. The lowest BCUT2D eigenvalue weighted by Crippen LogP contribution is -2.09. The molecule has 0 aliphatic carbocycles. The van der Waals surface area contributed by atoms with Gasteiger partial charge in [0.2, 0.25) is 0 Å². The van der Waals surface area contributed by atoms with E-state index >= 15 is 0 Å². The molecule has 1 aromatic heterocycles. The second kappa shape index (κ2) is 7.44. The minimum Gasteiger partial charge on any atom is -0.508 e. The normalized spacial score (nSPS) is 11.8. The van der Waals surface area contributed by atoms with Crippen molar-refractivity contribution in [1.29, 1.82) is 0 Å². The third-order valence-corrected chi connectivity index (χ3v) is 4.28. The van der Waals surface area contributed by atoms with Crippen molar-refractivity contribution in [1.82, 2.24) is 9.97 Å². The summed E-state index contributed by atoms with van der Waals surface area (Å²) in [5, 5.41) is 13.1. The van der Waals surface area contributed by atoms with Gasteiger partial charge in [-0.15, -0.1) is 0 Å². The molecule has 3 rings (SSSR count). The SMILES string of the molecule is COc1cc(-c2cc(NC(C)c3cccc(O)c3)nc(C)n2)ccc1C. The summed E-state index contributed by atoms with van der Waals surface area (Å²) in [5.74, 6) is 2.51. The first-order valence-electron chi connectivity index (χ1n) is 8.52. The molecule has 2 aromatic carbocycles. The largest absolute Gasteiger partial charge is 0.508 e. The maximum Gasteiger partial charge on any atom is 0.130 e. The van der Waals surface area contributed by atoms with Crippen molar-refractivity contribution in [2.24, 2.45) is 0 Å². The topological polar surface area (TPSA) is 67.3 Å². The Balaban J connectivity index is 1.90. The number of aryl methyl sites for hydroxylation is 2. The zero-order valence-corrected chi connectivity index (χ0v) is 15.4. The van der Waals surface area contributed by atoms with Crippen LogP contribution < -0.4 is 10.1 Å². The monoisotopic (exact) mass is 349 g/mol. The predicted octanol–water partition coefficient (Wildman–Crippen LogP) is 4.65. The Morgan fingerprint density at radius 3 is 2.58 bits per heavy atom. The molecule has 0 fully saturated rings. The van der Waals surface area contributed by atoms with Crippen LogP contribution in [0.15, 0.2) is 48.5 Å². The van der Waals surface area contributed by atoms with Crippen molar-refractivity contribution in [2.75, 3.05) is 12.4 Å². The Labute approximate surface area is 153 Å². The van der Waals surface area contributed by atoms with Gasteiger partial charge < -0.3 is 15.2 Å². The standard InChI is InChI=1S/C21H23N3O2/c1-13-8-9-17(11-20(13)26-4)19-12-21(24-15(3)23-19)22-14(2)16-6-5-7-18(25)10-16/h5-12,14,25H,1-4H3,(H,22,23,24). The van der Waals surface area contributed by atoms with Crippen molar-refractivity contribution >= 4 is 5.82 Å². The van der Waals surface area contributed by atoms with Crippen molar-refractivity contribution in [2.45, 2.75) is 26.8 Å². The number of aromatic nitrogens is 2. The molecule has 26 heavy (non-hydrogen) atoms. The number of phenols is 1. The van der Waals surface area contributed by atoms with E-state index in [1.54, 1.807) is 19.2 Å². The van der Waals surface area contributed by atoms with Gasteiger partial charge in [0.1, 0.15) is 23.1 Å². The summed E-state index contributed by atoms with van der Waals surface area (Å²) >= 11 is 0. The summed E-state index contributed by atoms with van der Waals surface area (Å²) in [5.41, 5.74) is 3.88. The Bertz CT molecular complexity index is 925. The van der Waals surface area contributed by atoms with Gasteiger partial charge in [0.15, 0.2) is 0 Å². The molecular formula is C21H23N3O2. The van der Waals surface area contributed by atoms with Gasteiger partial charge >= 0.3 is 0 Å². The summed E-state index contributed by atoms with van der Waals surface area (Å²) < 4.78 is 5.42. The number of aromatic hydroxyl groups is 1. The summed E-state index contributed by atoms with van der Waals surface area (Å²) in [6.07, 6.45) is 0. The maximum atomic E-state index is 9.67. The zero-order valence-electron chi connectivity index (χ0n) is 15.4. The predicted molar refractivity (Wildman–Crippen MR) is 104 cm³/mol. The summed E-state index contributed by atoms with van der Waals surface area (Å²) in [4.78, 5) is 9.05. The van der Waals surface area contributed by atoms with Crippen LogP contribution >= 0.6 is 0 Å². The number of nitrogens with one attached hydrogen (secondary N) is 1. The molecule has 0 radical (unpaired) electrons. The van der Waals surface area contributed by atoms with E-state index in [-0.39, 0.29) is 11.8 Å². The highest BCUT2D eigenvalue weighted by molar-refractivity contribution is 5.65. The number of benzene rings is 2. The molecule has 0 aliphatic heterocycles. The fraction of sp³-hybridized carbons (Fsp3) is 0.238. The van der Waals surface area contributed by atoms with E-state index in [0.29, 0.717) is 5.82 Å². The molecule has 1 heterocycles. The van der Waals surface area contributed by atoms with E-state index in [1.165, 1.54) is 0 Å². The first kappa shape index (κ1) is 17.7. The van der Waals surface area contributed by atoms with Crippen LogP contribution in [-0.2, 0) is 0 Å². The molecule has 5 heteroatoms. The number of hydrogen-bond donors (Lipinski definition) is 2. The lowest BCUT2D eigenvalue weighted by Gasteiger charge is -2.16. The molecule has 0 bridgehead atoms. The van der Waals surface area contributed by atoms with Gasteiger partial charge in [-0.2, -0.15) is 0 Å². The quantitative estimate of drug-likeness (QED) is 0.702. The molecule has 3 aromatic rings. The molecule has 5 nitrogen and oxygen atoms in total. The third-order valence-electron chi connectivity index (χ3n) is 4.28. The highest BCUT2D eigenvalue weighted by atomic mass is 16.5. The molecule has 0 saturated heterocycles. The van der Waals surface area contributed by atoms with Gasteiger partial charge in [0, 0.05) is 11.6 Å². The lowest BCUT2D eigenvalue weighted by molar-refractivity contribution is 0.412. The maximum absolute atomic E-state index is 9.67. The number of hydrogen-bond acceptors (Lipinski definition) is 5. The van der Waals surface area contributed by atoms with Gasteiger partial charge in [-0.3, -0.25) is 0 Å². The first-order valence-corrected chi connectivity index (χ1v) is 8.52. The lowest BCUT2D eigenvalue weighted by atomic mass is 10.1. The molecule has 0 spiro atoms. The van der Waals surface area contributed by atoms with Crippen LogP contribution in [-0.4, -0.2) is 22.2 Å². The third kappa shape index (κ3) is 3.94. The van der Waals surface area contributed by atoms with Crippen LogP contribution in [0.5, 0.6) is 11.5 Å². The van der Waals surface area contributed by atoms with Crippen LogP contribution in [0, 0.1) is 13.8 Å². The van der Waals surface area contributed by atoms with Crippen molar-refractivity contribution in [3.8, 4) is 22.8 Å². The van der Waals surface area contributed by atoms with Gasteiger partial charge in [0.05, 0.1) is 18.8 Å². The van der Waals surface area contributed by atoms with Gasteiger partial charge in [-0.25, -0.2) is 9.97 Å². The average Bonchev–Trinajstić information content (AvgIpc) is 2.61. The van der Waals surface area contributed by atoms with E-state index in [1.807, 2.05) is 57.2 Å². The van der Waals surface area contributed by atoms with Crippen LogP contribution in [0.1, 0.15) is 29.9 Å². The van der Waals surface area contributed by atoms with E-state index in [4.69, 9.17) is 4.74 Å². The second-order valence-electron chi connectivity index (χ2n) is 6.33. The second-order valence-corrected chi connectivity index (χ2v) is 6.33. The fourth-order valence-electron chi connectivity index (χ4n) is 2.87. The van der Waals surface area contributed by atoms with Crippen molar-refractivity contribution in [3.63, 3.8) is 0 Å². The zero-order chi connectivity index (χ0) is 18.7. The number of phenolic OH excluding ortho intramolecular Hbond substituents is 1. The average molecular weight is 349 g/mol. The van der Waals surface area contributed by atoms with Crippen LogP contribution in [0.25, 0.3) is 11.3 Å². The van der Waals surface area contributed by atoms with Crippen molar-refractivity contribution < 1.29 is 9.84 Å². The number of anilines is 1. The minimum absolute atomic E-state index is 0.00296. The van der Waals surface area contributed by atoms with E-state index in [2.05, 4.69) is 15.3 Å². The molecule has 1 unspecified atom stereocenters. The Morgan fingerprint density at radius 2 is 1.85 bits per heavy atom. The Hall–Kier alpha value is -3.08. The minimum atomic E-state index is -0.00296. The molecule has 0 aliphatic rings. The Morgan fingerprint density at radius 1 is 1.04 bits per heavy atom. The van der Waals surface area contributed by atoms with Gasteiger partial charge in [-0.05, 0) is 50.1 Å². The van der Waals surface area contributed by atoms with E-state index in [9.17, 15) is 5.11 Å². The molecule has 0 saturated carbocycles.